The third kappa shape index (κ3) is 3.93. The van der Waals surface area contributed by atoms with Crippen LogP contribution in [0.4, 0.5) is 5.13 Å². The summed E-state index contributed by atoms with van der Waals surface area (Å²) in [5, 5.41) is 1.27. The molecule has 30 heavy (non-hydrogen) atoms. The molecule has 1 amide bonds. The Hall–Kier alpha value is -2.10. The molecule has 0 bridgehead atoms. The van der Waals surface area contributed by atoms with Gasteiger partial charge in [0.15, 0.2) is 5.13 Å². The minimum absolute atomic E-state index is 0.0614. The van der Waals surface area contributed by atoms with Crippen molar-refractivity contribution < 1.29 is 9.53 Å². The van der Waals surface area contributed by atoms with Crippen molar-refractivity contribution >= 4 is 65.7 Å². The maximum Gasteiger partial charge on any atom is 0.260 e. The summed E-state index contributed by atoms with van der Waals surface area (Å²) in [5.41, 5.74) is 4.08. The molecule has 154 valence electrons. The van der Waals surface area contributed by atoms with E-state index < -0.39 is 0 Å². The van der Waals surface area contributed by atoms with Gasteiger partial charge < -0.3 is 4.74 Å². The molecule has 9 heteroatoms. The number of anilines is 1. The molecule has 1 aliphatic rings. The first kappa shape index (κ1) is 19.8. The van der Waals surface area contributed by atoms with Gasteiger partial charge in [-0.3, -0.25) is 14.6 Å². The second-order valence-electron chi connectivity index (χ2n) is 7.03. The molecule has 3 heterocycles. The van der Waals surface area contributed by atoms with Crippen molar-refractivity contribution in [1.82, 2.24) is 14.9 Å². The Morgan fingerprint density at radius 1 is 1.20 bits per heavy atom. The van der Waals surface area contributed by atoms with Gasteiger partial charge in [0, 0.05) is 31.7 Å². The molecule has 0 unspecified atom stereocenters. The highest BCUT2D eigenvalue weighted by Gasteiger charge is 2.23. The number of rotatable bonds is 5. The minimum atomic E-state index is -0.0614. The van der Waals surface area contributed by atoms with Gasteiger partial charge in [0.2, 0.25) is 0 Å². The first-order chi connectivity index (χ1) is 14.7. The molecular formula is C21H19ClN4O2S2. The Bertz CT molecular complexity index is 1200. The van der Waals surface area contributed by atoms with Crippen LogP contribution in [-0.4, -0.2) is 60.2 Å². The lowest BCUT2D eigenvalue weighted by atomic mass is 10.2. The molecular weight excluding hydrogens is 440 g/mol. The lowest BCUT2D eigenvalue weighted by Gasteiger charge is -2.29. The van der Waals surface area contributed by atoms with Crippen LogP contribution < -0.4 is 4.90 Å². The second-order valence-corrected chi connectivity index (χ2v) is 9.33. The van der Waals surface area contributed by atoms with Gasteiger partial charge in [-0.05, 0) is 30.3 Å². The van der Waals surface area contributed by atoms with Gasteiger partial charge in [0.05, 0.1) is 38.7 Å². The van der Waals surface area contributed by atoms with Gasteiger partial charge in [-0.15, -0.1) is 11.3 Å². The Kier molecular flexibility index (Phi) is 5.66. The van der Waals surface area contributed by atoms with Gasteiger partial charge in [-0.1, -0.05) is 29.0 Å². The van der Waals surface area contributed by atoms with Crippen LogP contribution in [0, 0.1) is 0 Å². The van der Waals surface area contributed by atoms with E-state index in [0.717, 1.165) is 53.3 Å². The molecule has 0 aliphatic carbocycles. The molecule has 4 aromatic rings. The number of carbonyl (C=O) groups excluding carboxylic acids is 1. The number of nitrogens with zero attached hydrogens (tertiary/aromatic N) is 4. The van der Waals surface area contributed by atoms with E-state index in [1.54, 1.807) is 10.4 Å². The van der Waals surface area contributed by atoms with Crippen LogP contribution in [0.15, 0.2) is 41.9 Å². The van der Waals surface area contributed by atoms with Crippen molar-refractivity contribution in [2.75, 3.05) is 44.3 Å². The highest BCUT2D eigenvalue weighted by atomic mass is 35.5. The molecule has 5 rings (SSSR count). The number of para-hydroxylation sites is 1. The number of carbonyl (C=O) groups is 1. The normalized spacial score (nSPS) is 15.1. The van der Waals surface area contributed by atoms with Crippen LogP contribution in [0.25, 0.3) is 20.4 Å². The standard InChI is InChI=1S/C21H19ClN4O2S2/c22-15-2-1-3-17-19(15)24-21(30-17)26(7-6-25-8-10-28-11-9-25)20(27)14-4-5-16-18(12-14)29-13-23-16/h1-5,12-13H,6-11H2. The van der Waals surface area contributed by atoms with E-state index in [1.165, 1.54) is 22.7 Å². The van der Waals surface area contributed by atoms with Crippen LogP contribution in [0.5, 0.6) is 0 Å². The van der Waals surface area contributed by atoms with Gasteiger partial charge >= 0.3 is 0 Å². The number of morpholine rings is 1. The summed E-state index contributed by atoms with van der Waals surface area (Å²) in [6, 6.07) is 11.4. The monoisotopic (exact) mass is 458 g/mol. The molecule has 0 saturated carbocycles. The fourth-order valence-electron chi connectivity index (χ4n) is 3.51. The number of thiazole rings is 2. The van der Waals surface area contributed by atoms with E-state index in [1.807, 2.05) is 36.4 Å². The van der Waals surface area contributed by atoms with Crippen LogP contribution in [-0.2, 0) is 4.74 Å². The van der Waals surface area contributed by atoms with Gasteiger partial charge in [-0.2, -0.15) is 0 Å². The van der Waals surface area contributed by atoms with E-state index in [2.05, 4.69) is 9.88 Å². The van der Waals surface area contributed by atoms with E-state index in [0.29, 0.717) is 22.3 Å². The molecule has 1 saturated heterocycles. The van der Waals surface area contributed by atoms with Crippen LogP contribution in [0.1, 0.15) is 10.4 Å². The smallest absolute Gasteiger partial charge is 0.260 e. The zero-order valence-electron chi connectivity index (χ0n) is 16.1. The first-order valence-electron chi connectivity index (χ1n) is 9.69. The lowest BCUT2D eigenvalue weighted by Crippen LogP contribution is -2.43. The Morgan fingerprint density at radius 3 is 2.90 bits per heavy atom. The Morgan fingerprint density at radius 2 is 2.07 bits per heavy atom. The molecule has 0 spiro atoms. The van der Waals surface area contributed by atoms with Crippen LogP contribution in [0.3, 0.4) is 0 Å². The molecule has 0 atom stereocenters. The lowest BCUT2D eigenvalue weighted by molar-refractivity contribution is 0.0391. The summed E-state index contributed by atoms with van der Waals surface area (Å²) < 4.78 is 7.42. The van der Waals surface area contributed by atoms with Crippen molar-refractivity contribution in [1.29, 1.82) is 0 Å². The number of fused-ring (bicyclic) bond motifs is 2. The number of amides is 1. The topological polar surface area (TPSA) is 58.6 Å². The second kappa shape index (κ2) is 8.56. The fourth-order valence-corrected chi connectivity index (χ4v) is 5.52. The number of hydrogen-bond acceptors (Lipinski definition) is 7. The summed E-state index contributed by atoms with van der Waals surface area (Å²) >= 11 is 9.36. The fraction of sp³-hybridized carbons (Fsp3) is 0.286. The number of benzene rings is 2. The van der Waals surface area contributed by atoms with Crippen molar-refractivity contribution in [3.63, 3.8) is 0 Å². The van der Waals surface area contributed by atoms with E-state index in [-0.39, 0.29) is 5.91 Å². The highest BCUT2D eigenvalue weighted by molar-refractivity contribution is 7.22. The Labute approximate surface area is 186 Å². The molecule has 1 aliphatic heterocycles. The van der Waals surface area contributed by atoms with E-state index >= 15 is 0 Å². The summed E-state index contributed by atoms with van der Waals surface area (Å²) in [6.45, 7) is 4.53. The maximum absolute atomic E-state index is 13.5. The van der Waals surface area contributed by atoms with E-state index in [9.17, 15) is 4.79 Å². The summed E-state index contributed by atoms with van der Waals surface area (Å²) in [6.07, 6.45) is 0. The number of hydrogen-bond donors (Lipinski definition) is 0. The van der Waals surface area contributed by atoms with E-state index in [4.69, 9.17) is 21.3 Å². The maximum atomic E-state index is 13.5. The number of aromatic nitrogens is 2. The molecule has 0 N–H and O–H groups in total. The molecule has 1 fully saturated rings. The third-order valence-electron chi connectivity index (χ3n) is 5.16. The van der Waals surface area contributed by atoms with Crippen molar-refractivity contribution in [2.24, 2.45) is 0 Å². The molecule has 2 aromatic carbocycles. The number of halogens is 1. The van der Waals surface area contributed by atoms with Crippen molar-refractivity contribution in [3.05, 3.63) is 52.5 Å². The average molecular weight is 459 g/mol. The third-order valence-corrected chi connectivity index (χ3v) is 7.30. The SMILES string of the molecule is O=C(c1ccc2ncsc2c1)N(CCN1CCOCC1)c1nc2c(Cl)cccc2s1. The zero-order chi connectivity index (χ0) is 20.5. The number of ether oxygens (including phenoxy) is 1. The molecule has 6 nitrogen and oxygen atoms in total. The van der Waals surface area contributed by atoms with Gasteiger partial charge in [-0.25, -0.2) is 9.97 Å². The quantitative estimate of drug-likeness (QED) is 0.439. The zero-order valence-corrected chi connectivity index (χ0v) is 18.5. The van der Waals surface area contributed by atoms with Crippen LogP contribution in [0.2, 0.25) is 5.02 Å². The first-order valence-corrected chi connectivity index (χ1v) is 11.8. The average Bonchev–Trinajstić information content (AvgIpc) is 3.41. The summed E-state index contributed by atoms with van der Waals surface area (Å²) in [5.74, 6) is -0.0614. The molecule has 0 radical (unpaired) electrons. The largest absolute Gasteiger partial charge is 0.379 e. The van der Waals surface area contributed by atoms with Gasteiger partial charge in [0.25, 0.3) is 5.91 Å². The predicted molar refractivity (Wildman–Crippen MR) is 123 cm³/mol. The van der Waals surface area contributed by atoms with Crippen molar-refractivity contribution in [2.45, 2.75) is 0 Å². The Balaban J connectivity index is 1.48. The molecule has 2 aromatic heterocycles. The van der Waals surface area contributed by atoms with Crippen LogP contribution >= 0.6 is 34.3 Å². The van der Waals surface area contributed by atoms with Gasteiger partial charge in [0.1, 0.15) is 5.52 Å². The predicted octanol–water partition coefficient (Wildman–Crippen LogP) is 4.54. The highest BCUT2D eigenvalue weighted by Crippen LogP contribution is 2.33. The van der Waals surface area contributed by atoms with Crippen molar-refractivity contribution in [3.8, 4) is 0 Å². The summed E-state index contributed by atoms with van der Waals surface area (Å²) in [4.78, 5) is 26.7. The minimum Gasteiger partial charge on any atom is -0.379 e. The summed E-state index contributed by atoms with van der Waals surface area (Å²) in [7, 11) is 0.